The number of hydrogen-bond donors (Lipinski definition) is 3. The zero-order valence-electron chi connectivity index (χ0n) is 22.0. The molecule has 0 bridgehead atoms. The summed E-state index contributed by atoms with van der Waals surface area (Å²) in [7, 11) is 0. The maximum absolute atomic E-state index is 12.6. The summed E-state index contributed by atoms with van der Waals surface area (Å²) in [5, 5.41) is 14.8. The van der Waals surface area contributed by atoms with Crippen LogP contribution >= 0.6 is 0 Å². The van der Waals surface area contributed by atoms with Crippen LogP contribution in [0.4, 0.5) is 13.2 Å². The van der Waals surface area contributed by atoms with Gasteiger partial charge < -0.3 is 24.9 Å². The van der Waals surface area contributed by atoms with Gasteiger partial charge in [0, 0.05) is 24.5 Å². The number of para-hydroxylation sites is 1. The minimum absolute atomic E-state index is 0.0163. The van der Waals surface area contributed by atoms with Crippen LogP contribution in [0.15, 0.2) is 91.3 Å². The third-order valence-electron chi connectivity index (χ3n) is 5.58. The van der Waals surface area contributed by atoms with E-state index in [1.54, 1.807) is 13.0 Å². The number of carbonyl (C=O) groups excluding carboxylic acids is 1. The van der Waals surface area contributed by atoms with Crippen molar-refractivity contribution < 1.29 is 37.3 Å². The number of amidine groups is 1. The Hall–Kier alpha value is -5.06. The maximum Gasteiger partial charge on any atom is 0.490 e. The van der Waals surface area contributed by atoms with Gasteiger partial charge in [-0.2, -0.15) is 13.2 Å². The van der Waals surface area contributed by atoms with Gasteiger partial charge in [0.2, 0.25) is 0 Å². The standard InChI is InChI=1S/C28H27N3O3.C2HF3O2/c1-2-33-28(32)26-19-31(18-23(26)15-20-8-6-10-22(14-20)27(29)30)17-21-9-7-13-25(16-21)34-24-11-4-3-5-12-24;3-2(4,5)1(6)7/h3-14,16,18-19H,2,15,17H2,1H3,(H3,29,30);(H,6,7). The summed E-state index contributed by atoms with van der Waals surface area (Å²) in [6.45, 7) is 2.68. The van der Waals surface area contributed by atoms with Gasteiger partial charge in [0.05, 0.1) is 12.2 Å². The van der Waals surface area contributed by atoms with Crippen molar-refractivity contribution in [3.05, 3.63) is 119 Å². The van der Waals surface area contributed by atoms with E-state index in [0.717, 1.165) is 28.2 Å². The molecule has 0 amide bonds. The molecule has 41 heavy (non-hydrogen) atoms. The summed E-state index contributed by atoms with van der Waals surface area (Å²) in [5.41, 5.74) is 9.70. The van der Waals surface area contributed by atoms with Crippen LogP contribution in [0.5, 0.6) is 11.5 Å². The zero-order chi connectivity index (χ0) is 30.0. The van der Waals surface area contributed by atoms with Crippen LogP contribution < -0.4 is 10.5 Å². The van der Waals surface area contributed by atoms with Crippen molar-refractivity contribution in [1.82, 2.24) is 4.57 Å². The number of rotatable bonds is 9. The van der Waals surface area contributed by atoms with Crippen molar-refractivity contribution >= 4 is 17.8 Å². The second-order valence-electron chi connectivity index (χ2n) is 8.75. The van der Waals surface area contributed by atoms with Gasteiger partial charge in [-0.3, -0.25) is 5.41 Å². The Morgan fingerprint density at radius 1 is 0.927 bits per heavy atom. The molecule has 0 fully saturated rings. The molecule has 3 aromatic carbocycles. The fraction of sp³-hybridized carbons (Fsp3) is 0.167. The van der Waals surface area contributed by atoms with Gasteiger partial charge in [-0.25, -0.2) is 9.59 Å². The molecular formula is C30H28F3N3O5. The molecule has 8 nitrogen and oxygen atoms in total. The lowest BCUT2D eigenvalue weighted by Crippen LogP contribution is -2.21. The third-order valence-corrected chi connectivity index (χ3v) is 5.58. The number of nitrogens with one attached hydrogen (secondary N) is 1. The lowest BCUT2D eigenvalue weighted by atomic mass is 10.0. The zero-order valence-corrected chi connectivity index (χ0v) is 22.0. The molecule has 0 aliphatic rings. The van der Waals surface area contributed by atoms with Crippen LogP contribution in [0.2, 0.25) is 0 Å². The normalized spacial score (nSPS) is 10.7. The van der Waals surface area contributed by atoms with Gasteiger partial charge in [0.1, 0.15) is 17.3 Å². The van der Waals surface area contributed by atoms with E-state index < -0.39 is 12.1 Å². The molecule has 0 aliphatic heterocycles. The number of carboxylic acid groups (broad SMARTS) is 1. The van der Waals surface area contributed by atoms with Crippen LogP contribution in [0.3, 0.4) is 0 Å². The first-order chi connectivity index (χ1) is 19.5. The predicted molar refractivity (Wildman–Crippen MR) is 146 cm³/mol. The molecule has 0 saturated carbocycles. The number of aromatic nitrogens is 1. The van der Waals surface area contributed by atoms with Crippen LogP contribution in [0.25, 0.3) is 0 Å². The molecule has 4 aromatic rings. The molecule has 4 N–H and O–H groups in total. The quantitative estimate of drug-likeness (QED) is 0.129. The highest BCUT2D eigenvalue weighted by atomic mass is 19.4. The first-order valence-electron chi connectivity index (χ1n) is 12.4. The smallest absolute Gasteiger partial charge is 0.475 e. The summed E-state index contributed by atoms with van der Waals surface area (Å²) in [6.07, 6.45) is -0.760. The molecule has 1 heterocycles. The first kappa shape index (κ1) is 30.5. The highest BCUT2D eigenvalue weighted by Crippen LogP contribution is 2.24. The number of alkyl halides is 3. The van der Waals surface area contributed by atoms with Crippen molar-refractivity contribution in [1.29, 1.82) is 5.41 Å². The second-order valence-corrected chi connectivity index (χ2v) is 8.75. The highest BCUT2D eigenvalue weighted by Gasteiger charge is 2.38. The number of nitrogens with zero attached hydrogens (tertiary/aromatic N) is 1. The third kappa shape index (κ3) is 9.27. The minimum Gasteiger partial charge on any atom is -0.475 e. The lowest BCUT2D eigenvalue weighted by molar-refractivity contribution is -0.192. The average molecular weight is 568 g/mol. The fourth-order valence-corrected chi connectivity index (χ4v) is 3.79. The van der Waals surface area contributed by atoms with Gasteiger partial charge in [-0.1, -0.05) is 48.5 Å². The highest BCUT2D eigenvalue weighted by molar-refractivity contribution is 5.95. The van der Waals surface area contributed by atoms with E-state index in [2.05, 4.69) is 0 Å². The van der Waals surface area contributed by atoms with E-state index in [-0.39, 0.29) is 11.8 Å². The number of nitrogens with two attached hydrogens (primary N) is 1. The van der Waals surface area contributed by atoms with E-state index in [1.165, 1.54) is 0 Å². The molecule has 214 valence electrons. The summed E-state index contributed by atoms with van der Waals surface area (Å²) >= 11 is 0. The number of aliphatic carboxylic acids is 1. The van der Waals surface area contributed by atoms with Crippen molar-refractivity contribution in [2.45, 2.75) is 26.1 Å². The van der Waals surface area contributed by atoms with Crippen LogP contribution in [0, 0.1) is 5.41 Å². The second kappa shape index (κ2) is 13.8. The average Bonchev–Trinajstić information content (AvgIpc) is 3.31. The number of ether oxygens (including phenoxy) is 2. The summed E-state index contributed by atoms with van der Waals surface area (Å²) in [5.74, 6) is -1.56. The first-order valence-corrected chi connectivity index (χ1v) is 12.4. The molecule has 0 aliphatic carbocycles. The molecule has 0 saturated heterocycles. The minimum atomic E-state index is -5.08. The fourth-order valence-electron chi connectivity index (χ4n) is 3.79. The molecule has 0 spiro atoms. The number of carboxylic acids is 1. The largest absolute Gasteiger partial charge is 0.490 e. The summed E-state index contributed by atoms with van der Waals surface area (Å²) in [6, 6.07) is 25.0. The Labute approximate surface area is 234 Å². The Morgan fingerprint density at radius 3 is 2.20 bits per heavy atom. The van der Waals surface area contributed by atoms with E-state index in [9.17, 15) is 18.0 Å². The SMILES string of the molecule is CCOC(=O)c1cn(Cc2cccc(Oc3ccccc3)c2)cc1Cc1cccc(C(=N)N)c1.O=C(O)C(F)(F)F. The number of nitrogen functional groups attached to an aromatic ring is 1. The Balaban J connectivity index is 0.000000587. The van der Waals surface area contributed by atoms with E-state index in [4.69, 9.17) is 30.5 Å². The Kier molecular flexibility index (Phi) is 10.3. The van der Waals surface area contributed by atoms with Crippen molar-refractivity contribution in [3.8, 4) is 11.5 Å². The Morgan fingerprint density at radius 2 is 1.56 bits per heavy atom. The summed E-state index contributed by atoms with van der Waals surface area (Å²) < 4.78 is 45.0. The van der Waals surface area contributed by atoms with Crippen LogP contribution in [0.1, 0.15) is 39.5 Å². The topological polar surface area (TPSA) is 128 Å². The molecule has 0 atom stereocenters. The van der Waals surface area contributed by atoms with Gasteiger partial charge in [-0.15, -0.1) is 0 Å². The lowest BCUT2D eigenvalue weighted by Gasteiger charge is -2.08. The molecule has 11 heteroatoms. The van der Waals surface area contributed by atoms with Crippen molar-refractivity contribution in [2.75, 3.05) is 6.61 Å². The molecule has 0 unspecified atom stereocenters. The number of carbonyl (C=O) groups is 2. The Bertz CT molecular complexity index is 1500. The van der Waals surface area contributed by atoms with E-state index in [0.29, 0.717) is 30.7 Å². The predicted octanol–water partition coefficient (Wildman–Crippen LogP) is 6.01. The number of esters is 1. The molecule has 1 aromatic heterocycles. The molecule has 0 radical (unpaired) electrons. The molecule has 4 rings (SSSR count). The van der Waals surface area contributed by atoms with E-state index >= 15 is 0 Å². The van der Waals surface area contributed by atoms with Crippen LogP contribution in [-0.4, -0.2) is 40.2 Å². The number of halogens is 3. The maximum atomic E-state index is 12.6. The monoisotopic (exact) mass is 567 g/mol. The van der Waals surface area contributed by atoms with Crippen molar-refractivity contribution in [2.24, 2.45) is 5.73 Å². The summed E-state index contributed by atoms with van der Waals surface area (Å²) in [4.78, 5) is 21.5. The van der Waals surface area contributed by atoms with Crippen LogP contribution in [-0.2, 0) is 22.5 Å². The molecular weight excluding hydrogens is 539 g/mol. The van der Waals surface area contributed by atoms with Gasteiger partial charge in [0.15, 0.2) is 0 Å². The number of benzene rings is 3. The van der Waals surface area contributed by atoms with Gasteiger partial charge >= 0.3 is 18.1 Å². The van der Waals surface area contributed by atoms with Gasteiger partial charge in [0.25, 0.3) is 0 Å². The van der Waals surface area contributed by atoms with Gasteiger partial charge in [-0.05, 0) is 60.4 Å². The number of hydrogen-bond acceptors (Lipinski definition) is 5. The van der Waals surface area contributed by atoms with E-state index in [1.807, 2.05) is 89.8 Å². The van der Waals surface area contributed by atoms with Crippen molar-refractivity contribution in [3.63, 3.8) is 0 Å².